The highest BCUT2D eigenvalue weighted by atomic mass is 16.3. The number of anilines is 1. The molecule has 1 aliphatic heterocycles. The molecule has 2 N–H and O–H groups in total. The minimum atomic E-state index is -0.760. The Labute approximate surface area is 150 Å². The summed E-state index contributed by atoms with van der Waals surface area (Å²) >= 11 is 0. The molecule has 0 saturated carbocycles. The number of furan rings is 1. The second kappa shape index (κ2) is 6.63. The maximum absolute atomic E-state index is 12.8. The molecule has 0 bridgehead atoms. The topological polar surface area (TPSA) is 88.4 Å². The molecule has 6 heteroatoms. The fourth-order valence-corrected chi connectivity index (χ4v) is 3.66. The summed E-state index contributed by atoms with van der Waals surface area (Å²) in [5, 5.41) is 5.59. The number of allylic oxidation sites excluding steroid dienone is 1. The number of Topliss-reactive ketones (excluding diaryl/α,β-unsaturated/α-hetero) is 1. The molecule has 132 valence electrons. The molecular formula is C20H18N2O4. The summed E-state index contributed by atoms with van der Waals surface area (Å²) in [6, 6.07) is 12.6. The van der Waals surface area contributed by atoms with Gasteiger partial charge in [-0.2, -0.15) is 0 Å². The van der Waals surface area contributed by atoms with Gasteiger partial charge in [0, 0.05) is 35.7 Å². The van der Waals surface area contributed by atoms with Crippen LogP contribution in [0.5, 0.6) is 0 Å². The fraction of sp³-hybridized carbons (Fsp3) is 0.250. The summed E-state index contributed by atoms with van der Waals surface area (Å²) in [6.07, 6.45) is 2.31. The van der Waals surface area contributed by atoms with E-state index in [9.17, 15) is 14.4 Å². The minimum Gasteiger partial charge on any atom is -0.469 e. The van der Waals surface area contributed by atoms with E-state index >= 15 is 0 Å². The largest absolute Gasteiger partial charge is 0.469 e. The minimum absolute atomic E-state index is 0.0192. The van der Waals surface area contributed by atoms with Gasteiger partial charge in [0.2, 0.25) is 11.8 Å². The van der Waals surface area contributed by atoms with Crippen LogP contribution in [0.15, 0.2) is 64.4 Å². The quantitative estimate of drug-likeness (QED) is 0.891. The second-order valence-corrected chi connectivity index (χ2v) is 6.60. The molecule has 1 aromatic heterocycles. The number of hydrogen-bond donors (Lipinski definition) is 2. The molecule has 2 atom stereocenters. The van der Waals surface area contributed by atoms with Crippen LogP contribution in [0.4, 0.5) is 5.69 Å². The zero-order valence-corrected chi connectivity index (χ0v) is 14.0. The molecule has 1 aromatic carbocycles. The Balaban J connectivity index is 1.61. The summed E-state index contributed by atoms with van der Waals surface area (Å²) in [5.74, 6) is -0.847. The number of carbonyl (C=O) groups is 3. The lowest BCUT2D eigenvalue weighted by atomic mass is 9.76. The van der Waals surface area contributed by atoms with E-state index in [0.29, 0.717) is 23.4 Å². The van der Waals surface area contributed by atoms with Crippen molar-refractivity contribution in [3.63, 3.8) is 0 Å². The summed E-state index contributed by atoms with van der Waals surface area (Å²) in [6.45, 7) is 0. The molecule has 2 aliphatic rings. The van der Waals surface area contributed by atoms with Crippen molar-refractivity contribution in [3.05, 3.63) is 65.8 Å². The van der Waals surface area contributed by atoms with Crippen molar-refractivity contribution in [3.8, 4) is 0 Å². The molecular weight excluding hydrogens is 332 g/mol. The predicted octanol–water partition coefficient (Wildman–Crippen LogP) is 2.76. The lowest BCUT2D eigenvalue weighted by Crippen LogP contribution is -2.43. The number of benzene rings is 1. The third kappa shape index (κ3) is 3.06. The Morgan fingerprint density at radius 2 is 1.85 bits per heavy atom. The summed E-state index contributed by atoms with van der Waals surface area (Å²) in [5.41, 5.74) is 1.62. The maximum Gasteiger partial charge on any atom is 0.232 e. The van der Waals surface area contributed by atoms with Crippen LogP contribution in [0.3, 0.4) is 0 Å². The average Bonchev–Trinajstić information content (AvgIpc) is 3.16. The molecule has 26 heavy (non-hydrogen) atoms. The smallest absolute Gasteiger partial charge is 0.232 e. The third-order valence-electron chi connectivity index (χ3n) is 4.84. The van der Waals surface area contributed by atoms with Gasteiger partial charge >= 0.3 is 0 Å². The lowest BCUT2D eigenvalue weighted by molar-refractivity contribution is -0.129. The van der Waals surface area contributed by atoms with Gasteiger partial charge in [-0.05, 0) is 30.7 Å². The van der Waals surface area contributed by atoms with Crippen molar-refractivity contribution in [2.24, 2.45) is 5.92 Å². The van der Waals surface area contributed by atoms with Crippen molar-refractivity contribution in [2.45, 2.75) is 25.2 Å². The number of nitrogens with one attached hydrogen (secondary N) is 2. The van der Waals surface area contributed by atoms with Crippen LogP contribution in [0.2, 0.25) is 0 Å². The van der Waals surface area contributed by atoms with Crippen LogP contribution < -0.4 is 10.6 Å². The molecule has 2 amide bonds. The first-order chi connectivity index (χ1) is 12.6. The first-order valence-electron chi connectivity index (χ1n) is 8.57. The first kappa shape index (κ1) is 16.3. The van der Waals surface area contributed by atoms with Gasteiger partial charge in [0.05, 0.1) is 12.2 Å². The zero-order chi connectivity index (χ0) is 18.1. The van der Waals surface area contributed by atoms with Gasteiger partial charge in [0.1, 0.15) is 5.76 Å². The fourth-order valence-electron chi connectivity index (χ4n) is 3.66. The molecule has 4 rings (SSSR count). The molecule has 0 radical (unpaired) electrons. The number of amides is 2. The maximum atomic E-state index is 12.8. The molecule has 6 nitrogen and oxygen atoms in total. The normalized spacial score (nSPS) is 22.6. The molecule has 0 unspecified atom stereocenters. The van der Waals surface area contributed by atoms with Gasteiger partial charge < -0.3 is 15.1 Å². The van der Waals surface area contributed by atoms with E-state index in [2.05, 4.69) is 10.6 Å². The van der Waals surface area contributed by atoms with Gasteiger partial charge in [-0.3, -0.25) is 14.4 Å². The third-order valence-corrected chi connectivity index (χ3v) is 4.84. The predicted molar refractivity (Wildman–Crippen MR) is 94.0 cm³/mol. The molecule has 0 fully saturated rings. The average molecular weight is 350 g/mol. The van der Waals surface area contributed by atoms with Gasteiger partial charge in [-0.1, -0.05) is 18.2 Å². The SMILES string of the molecule is O=C1C[C@H](C(=O)Nc2ccccc2)C2=C(C[C@@H](c3ccco3)CC2=O)N1. The highest BCUT2D eigenvalue weighted by Crippen LogP contribution is 2.39. The van der Waals surface area contributed by atoms with E-state index < -0.39 is 5.92 Å². The second-order valence-electron chi connectivity index (χ2n) is 6.60. The van der Waals surface area contributed by atoms with Crippen LogP contribution in [0, 0.1) is 5.92 Å². The van der Waals surface area contributed by atoms with Gasteiger partial charge in [-0.25, -0.2) is 0 Å². The van der Waals surface area contributed by atoms with Crippen LogP contribution in [-0.4, -0.2) is 17.6 Å². The van der Waals surface area contributed by atoms with Crippen molar-refractivity contribution >= 4 is 23.3 Å². The number of rotatable bonds is 3. The zero-order valence-electron chi connectivity index (χ0n) is 14.0. The highest BCUT2D eigenvalue weighted by molar-refractivity contribution is 6.09. The van der Waals surface area contributed by atoms with E-state index in [1.54, 1.807) is 24.5 Å². The van der Waals surface area contributed by atoms with Crippen LogP contribution >= 0.6 is 0 Å². The Hall–Kier alpha value is -3.15. The molecule has 2 aromatic rings. The molecule has 1 aliphatic carbocycles. The van der Waals surface area contributed by atoms with Gasteiger partial charge in [-0.15, -0.1) is 0 Å². The van der Waals surface area contributed by atoms with E-state index in [0.717, 1.165) is 5.76 Å². The molecule has 2 heterocycles. The monoisotopic (exact) mass is 350 g/mol. The van der Waals surface area contributed by atoms with Crippen molar-refractivity contribution < 1.29 is 18.8 Å². The number of para-hydroxylation sites is 1. The standard InChI is InChI=1S/C20H18N2O4/c23-16-10-12(17-7-4-8-26-17)9-15-19(16)14(11-18(24)22-15)20(25)21-13-5-2-1-3-6-13/h1-8,12,14H,9-11H2,(H,21,25)(H,22,24)/t12-,14+/m1/s1. The number of ketones is 1. The van der Waals surface area contributed by atoms with Crippen molar-refractivity contribution in [2.75, 3.05) is 5.32 Å². The van der Waals surface area contributed by atoms with E-state index in [4.69, 9.17) is 4.42 Å². The summed E-state index contributed by atoms with van der Waals surface area (Å²) < 4.78 is 5.41. The van der Waals surface area contributed by atoms with Crippen molar-refractivity contribution in [1.29, 1.82) is 0 Å². The Morgan fingerprint density at radius 3 is 2.58 bits per heavy atom. The lowest BCUT2D eigenvalue weighted by Gasteiger charge is -2.32. The van der Waals surface area contributed by atoms with Crippen molar-refractivity contribution in [1.82, 2.24) is 5.32 Å². The van der Waals surface area contributed by atoms with E-state index in [1.807, 2.05) is 24.3 Å². The Morgan fingerprint density at radius 1 is 1.04 bits per heavy atom. The van der Waals surface area contributed by atoms with Crippen LogP contribution in [-0.2, 0) is 14.4 Å². The van der Waals surface area contributed by atoms with Gasteiger partial charge in [0.15, 0.2) is 5.78 Å². The Bertz CT molecular complexity index is 884. The van der Waals surface area contributed by atoms with Gasteiger partial charge in [0.25, 0.3) is 0 Å². The van der Waals surface area contributed by atoms with E-state index in [-0.39, 0.29) is 36.4 Å². The summed E-state index contributed by atoms with van der Waals surface area (Å²) in [7, 11) is 0. The van der Waals surface area contributed by atoms with Crippen LogP contribution in [0.1, 0.15) is 30.9 Å². The highest BCUT2D eigenvalue weighted by Gasteiger charge is 2.41. The van der Waals surface area contributed by atoms with Crippen LogP contribution in [0.25, 0.3) is 0 Å². The molecule has 0 spiro atoms. The number of carbonyl (C=O) groups excluding carboxylic acids is 3. The first-order valence-corrected chi connectivity index (χ1v) is 8.57. The molecule has 0 saturated heterocycles. The Kier molecular flexibility index (Phi) is 4.16. The van der Waals surface area contributed by atoms with E-state index in [1.165, 1.54) is 0 Å². The summed E-state index contributed by atoms with van der Waals surface area (Å²) in [4.78, 5) is 37.6. The number of hydrogen-bond acceptors (Lipinski definition) is 4.